The molecule has 1 N–H and O–H groups in total. The van der Waals surface area contributed by atoms with Gasteiger partial charge in [0.1, 0.15) is 0 Å². The van der Waals surface area contributed by atoms with Crippen molar-refractivity contribution in [3.8, 4) is 0 Å². The van der Waals surface area contributed by atoms with Crippen LogP contribution >= 0.6 is 23.2 Å². The van der Waals surface area contributed by atoms with E-state index in [0.717, 1.165) is 10.4 Å². The average Bonchev–Trinajstić information content (AvgIpc) is 2.75. The lowest BCUT2D eigenvalue weighted by atomic mass is 10.2. The standard InChI is InChI=1S/C12H10Cl2N4O2/c1-6-3-4-9(8(13)5-6)15-12(20)10-11(14)17-18(16-10)7(2)19/h3-5H,1-2H3,(H,15,20). The van der Waals surface area contributed by atoms with Crippen molar-refractivity contribution in [3.05, 3.63) is 39.6 Å². The fourth-order valence-electron chi connectivity index (χ4n) is 1.47. The van der Waals surface area contributed by atoms with Gasteiger partial charge in [-0.05, 0) is 24.6 Å². The summed E-state index contributed by atoms with van der Waals surface area (Å²) >= 11 is 11.8. The van der Waals surface area contributed by atoms with Gasteiger partial charge in [0.05, 0.1) is 10.7 Å². The lowest BCUT2D eigenvalue weighted by Gasteiger charge is -2.06. The molecule has 0 radical (unpaired) electrons. The number of amides is 1. The number of halogens is 2. The molecule has 104 valence electrons. The Bertz CT molecular complexity index is 697. The van der Waals surface area contributed by atoms with Gasteiger partial charge in [-0.3, -0.25) is 9.59 Å². The second kappa shape index (κ2) is 5.60. The molecule has 20 heavy (non-hydrogen) atoms. The molecule has 1 amide bonds. The highest BCUT2D eigenvalue weighted by Crippen LogP contribution is 2.23. The molecular weight excluding hydrogens is 303 g/mol. The van der Waals surface area contributed by atoms with Gasteiger partial charge in [0.25, 0.3) is 11.8 Å². The first-order valence-electron chi connectivity index (χ1n) is 5.60. The number of carbonyl (C=O) groups excluding carboxylic acids is 2. The number of nitrogens with one attached hydrogen (secondary N) is 1. The fraction of sp³-hybridized carbons (Fsp3) is 0.167. The first kappa shape index (κ1) is 14.5. The number of rotatable bonds is 2. The van der Waals surface area contributed by atoms with Crippen LogP contribution in [0.3, 0.4) is 0 Å². The molecule has 6 nitrogen and oxygen atoms in total. The Morgan fingerprint density at radius 2 is 1.95 bits per heavy atom. The maximum absolute atomic E-state index is 12.0. The van der Waals surface area contributed by atoms with Crippen LogP contribution in [0.2, 0.25) is 10.2 Å². The monoisotopic (exact) mass is 312 g/mol. The summed E-state index contributed by atoms with van der Waals surface area (Å²) in [4.78, 5) is 23.9. The minimum absolute atomic E-state index is 0.140. The zero-order valence-corrected chi connectivity index (χ0v) is 12.2. The van der Waals surface area contributed by atoms with Crippen LogP contribution in [0.1, 0.15) is 27.8 Å². The zero-order chi connectivity index (χ0) is 14.9. The van der Waals surface area contributed by atoms with Gasteiger partial charge in [0, 0.05) is 6.92 Å². The van der Waals surface area contributed by atoms with Crippen LogP contribution < -0.4 is 5.32 Å². The van der Waals surface area contributed by atoms with E-state index in [1.165, 1.54) is 6.92 Å². The molecule has 1 heterocycles. The normalized spacial score (nSPS) is 10.4. The number of hydrogen-bond donors (Lipinski definition) is 1. The quantitative estimate of drug-likeness (QED) is 0.925. The smallest absolute Gasteiger partial charge is 0.279 e. The predicted molar refractivity (Wildman–Crippen MR) is 75.5 cm³/mol. The van der Waals surface area contributed by atoms with Gasteiger partial charge in [-0.2, -0.15) is 0 Å². The van der Waals surface area contributed by atoms with E-state index in [1.807, 2.05) is 6.92 Å². The summed E-state index contributed by atoms with van der Waals surface area (Å²) in [6, 6.07) is 5.18. The van der Waals surface area contributed by atoms with Gasteiger partial charge < -0.3 is 5.32 Å². The van der Waals surface area contributed by atoms with E-state index in [-0.39, 0.29) is 10.8 Å². The molecule has 8 heteroatoms. The zero-order valence-electron chi connectivity index (χ0n) is 10.6. The van der Waals surface area contributed by atoms with Crippen LogP contribution in [0.15, 0.2) is 18.2 Å². The van der Waals surface area contributed by atoms with E-state index < -0.39 is 11.8 Å². The molecule has 1 aromatic heterocycles. The molecule has 0 aliphatic rings. The molecule has 0 saturated heterocycles. The molecule has 2 rings (SSSR count). The number of anilines is 1. The molecule has 0 atom stereocenters. The average molecular weight is 313 g/mol. The minimum atomic E-state index is -0.590. The third kappa shape index (κ3) is 2.97. The largest absolute Gasteiger partial charge is 0.319 e. The predicted octanol–water partition coefficient (Wildman–Crippen LogP) is 2.81. The van der Waals surface area contributed by atoms with Gasteiger partial charge in [-0.15, -0.1) is 15.0 Å². The summed E-state index contributed by atoms with van der Waals surface area (Å²) in [7, 11) is 0. The summed E-state index contributed by atoms with van der Waals surface area (Å²) in [5, 5.41) is 10.2. The molecular formula is C12H10Cl2N4O2. The van der Waals surface area contributed by atoms with Crippen LogP contribution in [-0.4, -0.2) is 26.8 Å². The molecule has 0 aliphatic heterocycles. The molecule has 1 aromatic carbocycles. The Labute approximate surface area is 124 Å². The van der Waals surface area contributed by atoms with Crippen LogP contribution in [-0.2, 0) is 0 Å². The van der Waals surface area contributed by atoms with Crippen LogP contribution in [0.25, 0.3) is 0 Å². The van der Waals surface area contributed by atoms with Crippen molar-refractivity contribution < 1.29 is 9.59 Å². The molecule has 0 fully saturated rings. The lowest BCUT2D eigenvalue weighted by molar-refractivity contribution is 0.0902. The van der Waals surface area contributed by atoms with Crippen molar-refractivity contribution in [2.24, 2.45) is 0 Å². The second-order valence-electron chi connectivity index (χ2n) is 4.09. The Balaban J connectivity index is 2.26. The Hall–Kier alpha value is -1.92. The number of aryl methyl sites for hydroxylation is 1. The number of carbonyl (C=O) groups is 2. The van der Waals surface area contributed by atoms with Gasteiger partial charge in [0.2, 0.25) is 0 Å². The van der Waals surface area contributed by atoms with Crippen molar-refractivity contribution in [3.63, 3.8) is 0 Å². The van der Waals surface area contributed by atoms with Crippen LogP contribution in [0.4, 0.5) is 5.69 Å². The van der Waals surface area contributed by atoms with Crippen LogP contribution in [0, 0.1) is 6.92 Å². The molecule has 0 bridgehead atoms. The second-order valence-corrected chi connectivity index (χ2v) is 4.85. The van der Waals surface area contributed by atoms with Crippen molar-refractivity contribution >= 4 is 40.7 Å². The lowest BCUT2D eigenvalue weighted by Crippen LogP contribution is -2.15. The number of aromatic nitrogens is 3. The number of benzene rings is 1. The van der Waals surface area contributed by atoms with Crippen molar-refractivity contribution in [1.29, 1.82) is 0 Å². The summed E-state index contributed by atoms with van der Waals surface area (Å²) in [5.74, 6) is -1.03. The third-order valence-corrected chi connectivity index (χ3v) is 3.01. The maximum Gasteiger partial charge on any atom is 0.279 e. The van der Waals surface area contributed by atoms with E-state index in [0.29, 0.717) is 10.7 Å². The van der Waals surface area contributed by atoms with E-state index in [1.54, 1.807) is 18.2 Å². The number of nitrogens with zero attached hydrogens (tertiary/aromatic N) is 3. The Kier molecular flexibility index (Phi) is 4.06. The summed E-state index contributed by atoms with van der Waals surface area (Å²) in [6.45, 7) is 3.14. The van der Waals surface area contributed by atoms with E-state index in [2.05, 4.69) is 15.5 Å². The fourth-order valence-corrected chi connectivity index (χ4v) is 1.95. The molecule has 0 aliphatic carbocycles. The highest BCUT2D eigenvalue weighted by Gasteiger charge is 2.19. The van der Waals surface area contributed by atoms with Crippen molar-refractivity contribution in [1.82, 2.24) is 15.0 Å². The Morgan fingerprint density at radius 3 is 2.50 bits per heavy atom. The van der Waals surface area contributed by atoms with Crippen LogP contribution in [0.5, 0.6) is 0 Å². The highest BCUT2D eigenvalue weighted by molar-refractivity contribution is 6.35. The first-order valence-corrected chi connectivity index (χ1v) is 6.35. The van der Waals surface area contributed by atoms with Gasteiger partial charge in [0.15, 0.2) is 10.8 Å². The van der Waals surface area contributed by atoms with Crippen molar-refractivity contribution in [2.75, 3.05) is 5.32 Å². The third-order valence-electron chi connectivity index (χ3n) is 2.44. The van der Waals surface area contributed by atoms with Gasteiger partial charge >= 0.3 is 0 Å². The Morgan fingerprint density at radius 1 is 1.25 bits per heavy atom. The van der Waals surface area contributed by atoms with Gasteiger partial charge in [-0.1, -0.05) is 29.3 Å². The summed E-state index contributed by atoms with van der Waals surface area (Å²) < 4.78 is 0. The van der Waals surface area contributed by atoms with E-state index >= 15 is 0 Å². The minimum Gasteiger partial charge on any atom is -0.319 e. The SMILES string of the molecule is CC(=O)n1nc(Cl)c(C(=O)Nc2ccc(C)cc2Cl)n1. The highest BCUT2D eigenvalue weighted by atomic mass is 35.5. The molecule has 0 saturated carbocycles. The maximum atomic E-state index is 12.0. The van der Waals surface area contributed by atoms with E-state index in [4.69, 9.17) is 23.2 Å². The summed E-state index contributed by atoms with van der Waals surface area (Å²) in [5.41, 5.74) is 1.25. The van der Waals surface area contributed by atoms with Gasteiger partial charge in [-0.25, -0.2) is 0 Å². The topological polar surface area (TPSA) is 76.9 Å². The van der Waals surface area contributed by atoms with Crippen molar-refractivity contribution in [2.45, 2.75) is 13.8 Å². The molecule has 0 spiro atoms. The van der Waals surface area contributed by atoms with E-state index in [9.17, 15) is 9.59 Å². The molecule has 2 aromatic rings. The first-order chi connectivity index (χ1) is 9.38. The summed E-state index contributed by atoms with van der Waals surface area (Å²) in [6.07, 6.45) is 0. The molecule has 0 unspecified atom stereocenters. The number of hydrogen-bond acceptors (Lipinski definition) is 4.